The number of ether oxygens (including phenoxy) is 1. The van der Waals surface area contributed by atoms with Crippen molar-refractivity contribution in [1.82, 2.24) is 9.55 Å². The number of carbonyl (C=O) groups is 1. The zero-order chi connectivity index (χ0) is 17.7. The topological polar surface area (TPSA) is 111 Å². The number of aromatic nitrogens is 2. The molecule has 1 saturated heterocycles. The summed E-state index contributed by atoms with van der Waals surface area (Å²) in [7, 11) is 0. The lowest BCUT2D eigenvalue weighted by Gasteiger charge is -2.19. The Morgan fingerprint density at radius 1 is 1.40 bits per heavy atom. The molecule has 2 aliphatic rings. The number of hydrogen-bond acceptors (Lipinski definition) is 6. The second-order valence-electron chi connectivity index (χ2n) is 6.49. The summed E-state index contributed by atoms with van der Waals surface area (Å²) in [5.74, 6) is -0.807. The average Bonchev–Trinajstić information content (AvgIpc) is 3.31. The van der Waals surface area contributed by atoms with Crippen LogP contribution in [0.15, 0.2) is 17.1 Å². The minimum atomic E-state index is -1.59. The van der Waals surface area contributed by atoms with E-state index in [4.69, 9.17) is 10.8 Å². The number of nitrogens with two attached hydrogens (primary N) is 1. The fraction of sp³-hybridized carbons (Fsp3) is 0.438. The molecule has 132 valence electrons. The van der Waals surface area contributed by atoms with Gasteiger partial charge in [0.05, 0.1) is 11.6 Å². The van der Waals surface area contributed by atoms with Crippen molar-refractivity contribution in [2.24, 2.45) is 5.73 Å². The average molecular weight is 348 g/mol. The van der Waals surface area contributed by atoms with Crippen LogP contribution >= 0.6 is 0 Å². The number of fused-ring (bicyclic) bond motifs is 1. The second kappa shape index (κ2) is 5.69. The van der Waals surface area contributed by atoms with Crippen LogP contribution in [0.2, 0.25) is 0 Å². The number of rotatable bonds is 3. The molecule has 2 aromatic heterocycles. The molecule has 25 heavy (non-hydrogen) atoms. The monoisotopic (exact) mass is 348 g/mol. The van der Waals surface area contributed by atoms with Gasteiger partial charge >= 0.3 is 6.16 Å². The van der Waals surface area contributed by atoms with Crippen LogP contribution in [-0.4, -0.2) is 39.9 Å². The standard InChI is InChI=1S/C16H17FN4O4/c17-11-5-10-13(22)12(25-16(23)24)7-21(9-1-2-9)14(10)19-15(11)20-4-3-8(18)6-20/h5,7-9H,1-4,6,18H2,(H,23,24)/t8-/m0/s1. The molecule has 3 N–H and O–H groups in total. The van der Waals surface area contributed by atoms with Crippen molar-refractivity contribution in [1.29, 1.82) is 0 Å². The van der Waals surface area contributed by atoms with E-state index in [9.17, 15) is 14.0 Å². The van der Waals surface area contributed by atoms with E-state index in [0.29, 0.717) is 18.7 Å². The molecule has 3 heterocycles. The molecule has 9 heteroatoms. The largest absolute Gasteiger partial charge is 0.511 e. The predicted octanol–water partition coefficient (Wildman–Crippen LogP) is 1.46. The zero-order valence-corrected chi connectivity index (χ0v) is 13.3. The Bertz CT molecular complexity index is 924. The fourth-order valence-corrected chi connectivity index (χ4v) is 3.21. The molecule has 0 radical (unpaired) electrons. The molecule has 1 saturated carbocycles. The van der Waals surface area contributed by atoms with Crippen molar-refractivity contribution in [3.8, 4) is 5.75 Å². The van der Waals surface area contributed by atoms with Gasteiger partial charge in [-0.05, 0) is 25.3 Å². The number of carboxylic acid groups (broad SMARTS) is 1. The van der Waals surface area contributed by atoms with Crippen molar-refractivity contribution in [3.63, 3.8) is 0 Å². The molecule has 1 atom stereocenters. The third-order valence-electron chi connectivity index (χ3n) is 4.57. The predicted molar refractivity (Wildman–Crippen MR) is 87.7 cm³/mol. The van der Waals surface area contributed by atoms with Crippen LogP contribution in [0.1, 0.15) is 25.3 Å². The first kappa shape index (κ1) is 15.8. The maximum atomic E-state index is 14.6. The number of halogens is 1. The Morgan fingerprint density at radius 2 is 2.16 bits per heavy atom. The van der Waals surface area contributed by atoms with Gasteiger partial charge in [0.2, 0.25) is 5.43 Å². The molecule has 0 aromatic carbocycles. The highest BCUT2D eigenvalue weighted by Gasteiger charge is 2.29. The fourth-order valence-electron chi connectivity index (χ4n) is 3.21. The highest BCUT2D eigenvalue weighted by atomic mass is 19.1. The van der Waals surface area contributed by atoms with E-state index in [2.05, 4.69) is 9.72 Å². The third kappa shape index (κ3) is 2.80. The van der Waals surface area contributed by atoms with E-state index >= 15 is 0 Å². The van der Waals surface area contributed by atoms with Crippen LogP contribution in [0.5, 0.6) is 5.75 Å². The summed E-state index contributed by atoms with van der Waals surface area (Å²) in [6, 6.07) is 1.18. The zero-order valence-electron chi connectivity index (χ0n) is 13.3. The Hall–Kier alpha value is -2.68. The lowest BCUT2D eigenvalue weighted by atomic mass is 10.2. The first-order valence-corrected chi connectivity index (χ1v) is 8.10. The molecule has 0 unspecified atom stereocenters. The third-order valence-corrected chi connectivity index (χ3v) is 4.57. The van der Waals surface area contributed by atoms with Gasteiger partial charge in [-0.3, -0.25) is 4.79 Å². The molecular weight excluding hydrogens is 331 g/mol. The van der Waals surface area contributed by atoms with Gasteiger partial charge in [-0.25, -0.2) is 14.2 Å². The highest BCUT2D eigenvalue weighted by molar-refractivity contribution is 5.80. The summed E-state index contributed by atoms with van der Waals surface area (Å²) >= 11 is 0. The number of pyridine rings is 2. The summed E-state index contributed by atoms with van der Waals surface area (Å²) in [5, 5.41) is 8.81. The molecule has 2 fully saturated rings. The van der Waals surface area contributed by atoms with Crippen molar-refractivity contribution < 1.29 is 19.0 Å². The molecule has 2 aromatic rings. The first-order chi connectivity index (χ1) is 11.9. The van der Waals surface area contributed by atoms with E-state index in [0.717, 1.165) is 25.3 Å². The van der Waals surface area contributed by atoms with Crippen LogP contribution in [0.3, 0.4) is 0 Å². The summed E-state index contributed by atoms with van der Waals surface area (Å²) in [6.07, 6.45) is 2.27. The Balaban J connectivity index is 1.90. The van der Waals surface area contributed by atoms with Gasteiger partial charge in [-0.1, -0.05) is 0 Å². The van der Waals surface area contributed by atoms with Crippen molar-refractivity contribution >= 4 is 23.0 Å². The normalized spacial score (nSPS) is 20.2. The smallest absolute Gasteiger partial charge is 0.449 e. The van der Waals surface area contributed by atoms with Crippen LogP contribution in [0.25, 0.3) is 11.0 Å². The quantitative estimate of drug-likeness (QED) is 0.808. The van der Waals surface area contributed by atoms with E-state index < -0.39 is 17.4 Å². The molecule has 1 aliphatic carbocycles. The minimum Gasteiger partial charge on any atom is -0.449 e. The van der Waals surface area contributed by atoms with E-state index in [1.165, 1.54) is 6.20 Å². The summed E-state index contributed by atoms with van der Waals surface area (Å²) in [5.41, 5.74) is 5.53. The molecular formula is C16H17FN4O4. The van der Waals surface area contributed by atoms with Crippen LogP contribution in [0, 0.1) is 5.82 Å². The Morgan fingerprint density at radius 3 is 2.76 bits per heavy atom. The van der Waals surface area contributed by atoms with Crippen LogP contribution in [0.4, 0.5) is 15.0 Å². The van der Waals surface area contributed by atoms with Crippen molar-refractivity contribution in [3.05, 3.63) is 28.3 Å². The number of anilines is 1. The van der Waals surface area contributed by atoms with Gasteiger partial charge in [0.1, 0.15) is 5.65 Å². The molecule has 1 aliphatic heterocycles. The summed E-state index contributed by atoms with van der Waals surface area (Å²) in [4.78, 5) is 29.4. The highest BCUT2D eigenvalue weighted by Crippen LogP contribution is 2.38. The van der Waals surface area contributed by atoms with Gasteiger partial charge in [0, 0.05) is 25.2 Å². The van der Waals surface area contributed by atoms with Crippen molar-refractivity contribution in [2.75, 3.05) is 18.0 Å². The van der Waals surface area contributed by atoms with Gasteiger partial charge in [0.25, 0.3) is 0 Å². The molecule has 0 amide bonds. The van der Waals surface area contributed by atoms with Crippen molar-refractivity contribution in [2.45, 2.75) is 31.3 Å². The minimum absolute atomic E-state index is 0.00963. The van der Waals surface area contributed by atoms with Gasteiger partial charge in [-0.15, -0.1) is 0 Å². The van der Waals surface area contributed by atoms with Gasteiger partial charge in [-0.2, -0.15) is 0 Å². The van der Waals surface area contributed by atoms with Crippen LogP contribution < -0.4 is 20.8 Å². The summed E-state index contributed by atoms with van der Waals surface area (Å²) < 4.78 is 20.8. The Kier molecular flexibility index (Phi) is 3.60. The lowest BCUT2D eigenvalue weighted by Crippen LogP contribution is -2.28. The maximum absolute atomic E-state index is 14.6. The van der Waals surface area contributed by atoms with Gasteiger partial charge in [0.15, 0.2) is 17.4 Å². The molecule has 0 bridgehead atoms. The molecule has 0 spiro atoms. The second-order valence-corrected chi connectivity index (χ2v) is 6.49. The SMILES string of the molecule is N[C@H]1CCN(c2nc3c(cc2F)c(=O)c(OC(=O)O)cn3C2CC2)C1. The Labute approximate surface area is 141 Å². The summed E-state index contributed by atoms with van der Waals surface area (Å²) in [6.45, 7) is 1.10. The van der Waals surface area contributed by atoms with E-state index in [1.54, 1.807) is 9.47 Å². The first-order valence-electron chi connectivity index (χ1n) is 8.10. The maximum Gasteiger partial charge on any atom is 0.511 e. The number of nitrogens with zero attached hydrogens (tertiary/aromatic N) is 3. The van der Waals surface area contributed by atoms with Crippen LogP contribution in [-0.2, 0) is 0 Å². The molecule has 4 rings (SSSR count). The lowest BCUT2D eigenvalue weighted by molar-refractivity contribution is 0.143. The number of hydrogen-bond donors (Lipinski definition) is 2. The van der Waals surface area contributed by atoms with E-state index in [-0.39, 0.29) is 29.0 Å². The van der Waals surface area contributed by atoms with Gasteiger partial charge < -0.3 is 25.0 Å². The molecule has 8 nitrogen and oxygen atoms in total. The van der Waals surface area contributed by atoms with E-state index in [1.807, 2.05) is 0 Å².